The minimum Gasteiger partial charge on any atom is -0.508 e. The monoisotopic (exact) mass is 426 g/mol. The van der Waals surface area contributed by atoms with Gasteiger partial charge in [0.2, 0.25) is 0 Å². The lowest BCUT2D eigenvalue weighted by atomic mass is 10.1. The zero-order chi connectivity index (χ0) is 22.5. The molecule has 0 saturated carbocycles. The zero-order valence-electron chi connectivity index (χ0n) is 17.7. The van der Waals surface area contributed by atoms with Crippen LogP contribution in [0.5, 0.6) is 11.5 Å². The Hall–Kier alpha value is -3.56. The highest BCUT2D eigenvalue weighted by molar-refractivity contribution is 5.99. The van der Waals surface area contributed by atoms with E-state index < -0.39 is 4.92 Å². The van der Waals surface area contributed by atoms with E-state index in [4.69, 9.17) is 9.84 Å². The predicted molar refractivity (Wildman–Crippen MR) is 120 cm³/mol. The van der Waals surface area contributed by atoms with Crippen LogP contribution in [0.15, 0.2) is 42.6 Å². The summed E-state index contributed by atoms with van der Waals surface area (Å²) in [6.45, 7) is 0.654. The number of hydrogen-bond acceptors (Lipinski definition) is 7. The summed E-state index contributed by atoms with van der Waals surface area (Å²) in [5, 5.41) is 35.0. The molecule has 3 N–H and O–H groups in total. The smallest absolute Gasteiger partial charge is 0.302 e. The Morgan fingerprint density at radius 2 is 1.94 bits per heavy atom. The molecule has 0 aliphatic heterocycles. The van der Waals surface area contributed by atoms with E-state index in [2.05, 4.69) is 5.32 Å². The fraction of sp³-hybridized carbons (Fsp3) is 0.273. The summed E-state index contributed by atoms with van der Waals surface area (Å²) in [7, 11) is 5.30. The molecular formula is C22H26N4O5. The summed E-state index contributed by atoms with van der Waals surface area (Å²) in [5.41, 5.74) is 2.12. The predicted octanol–water partition coefficient (Wildman–Crippen LogP) is 2.87. The van der Waals surface area contributed by atoms with Crippen molar-refractivity contribution in [2.75, 3.05) is 34.4 Å². The van der Waals surface area contributed by atoms with Gasteiger partial charge >= 0.3 is 5.69 Å². The number of methoxy groups -OCH3 is 1. The van der Waals surface area contributed by atoms with Crippen molar-refractivity contribution < 1.29 is 19.9 Å². The van der Waals surface area contributed by atoms with E-state index in [0.717, 1.165) is 0 Å². The molecule has 3 rings (SSSR count). The van der Waals surface area contributed by atoms with Gasteiger partial charge in [-0.05, 0) is 62.8 Å². The van der Waals surface area contributed by atoms with E-state index in [9.17, 15) is 15.2 Å². The number of fused-ring (bicyclic) bond motifs is 1. The molecule has 2 aromatic carbocycles. The second kappa shape index (κ2) is 9.50. The Balaban J connectivity index is 2.40. The van der Waals surface area contributed by atoms with Gasteiger partial charge in [0, 0.05) is 24.3 Å². The van der Waals surface area contributed by atoms with E-state index in [1.54, 1.807) is 42.2 Å². The largest absolute Gasteiger partial charge is 0.508 e. The van der Waals surface area contributed by atoms with Crippen LogP contribution in [0, 0.1) is 10.1 Å². The minimum atomic E-state index is -0.412. The molecule has 9 nitrogen and oxygen atoms in total. The third-order valence-electron chi connectivity index (χ3n) is 4.82. The molecule has 0 aliphatic carbocycles. The fourth-order valence-electron chi connectivity index (χ4n) is 3.54. The highest BCUT2D eigenvalue weighted by atomic mass is 16.6. The van der Waals surface area contributed by atoms with Crippen molar-refractivity contribution >= 4 is 22.7 Å². The van der Waals surface area contributed by atoms with Crippen LogP contribution < -0.4 is 10.1 Å². The van der Waals surface area contributed by atoms with Crippen LogP contribution in [-0.4, -0.2) is 59.0 Å². The number of nitro groups is 1. The van der Waals surface area contributed by atoms with E-state index in [1.165, 1.54) is 6.07 Å². The number of phenolic OH excluding ortho intramolecular Hbond substituents is 1. The second-order valence-corrected chi connectivity index (χ2v) is 7.23. The number of benzene rings is 2. The number of aromatic hydroxyl groups is 1. The molecule has 3 aromatic rings. The molecule has 0 spiro atoms. The van der Waals surface area contributed by atoms with E-state index >= 15 is 0 Å². The third kappa shape index (κ3) is 4.47. The van der Waals surface area contributed by atoms with Crippen LogP contribution in [0.25, 0.3) is 22.7 Å². The number of rotatable bonds is 9. The van der Waals surface area contributed by atoms with Gasteiger partial charge in [0.1, 0.15) is 17.2 Å². The first kappa shape index (κ1) is 22.1. The number of nitrogens with zero attached hydrogens (tertiary/aromatic N) is 3. The van der Waals surface area contributed by atoms with Gasteiger partial charge in [-0.2, -0.15) is 0 Å². The molecule has 0 aliphatic rings. The maximum absolute atomic E-state index is 12.1. The molecule has 0 atom stereocenters. The SMILES string of the molecule is COc1ccc(-n2c(C=CNCCO)c([N+](=O)[O-])c3ccc(O)c(CN(C)C)c32)cc1. The molecule has 164 valence electrons. The summed E-state index contributed by atoms with van der Waals surface area (Å²) in [6.07, 6.45) is 3.18. The fourth-order valence-corrected chi connectivity index (χ4v) is 3.54. The molecular weight excluding hydrogens is 400 g/mol. The third-order valence-corrected chi connectivity index (χ3v) is 4.82. The Bertz CT molecular complexity index is 1100. The van der Waals surface area contributed by atoms with Crippen molar-refractivity contribution in [2.24, 2.45) is 0 Å². The molecule has 0 saturated heterocycles. The molecule has 1 heterocycles. The number of ether oxygens (including phenoxy) is 1. The average molecular weight is 426 g/mol. The lowest BCUT2D eigenvalue weighted by molar-refractivity contribution is -0.383. The van der Waals surface area contributed by atoms with Gasteiger partial charge in [-0.25, -0.2) is 0 Å². The maximum atomic E-state index is 12.1. The van der Waals surface area contributed by atoms with Crippen LogP contribution in [0.3, 0.4) is 0 Å². The summed E-state index contributed by atoms with van der Waals surface area (Å²) >= 11 is 0. The molecule has 31 heavy (non-hydrogen) atoms. The lowest BCUT2D eigenvalue weighted by Gasteiger charge is -2.16. The van der Waals surface area contributed by atoms with Gasteiger partial charge in [0.05, 0.1) is 29.5 Å². The maximum Gasteiger partial charge on any atom is 0.302 e. The Morgan fingerprint density at radius 3 is 2.52 bits per heavy atom. The van der Waals surface area contributed by atoms with Gasteiger partial charge < -0.3 is 29.7 Å². The number of aliphatic hydroxyl groups excluding tert-OH is 1. The molecule has 9 heteroatoms. The zero-order valence-corrected chi connectivity index (χ0v) is 17.7. The molecule has 1 aromatic heterocycles. The van der Waals surface area contributed by atoms with Crippen molar-refractivity contribution in [1.29, 1.82) is 0 Å². The van der Waals surface area contributed by atoms with Crippen LogP contribution in [0.2, 0.25) is 0 Å². The van der Waals surface area contributed by atoms with Gasteiger partial charge in [0.15, 0.2) is 0 Å². The van der Waals surface area contributed by atoms with Gasteiger partial charge in [0.25, 0.3) is 0 Å². The van der Waals surface area contributed by atoms with E-state index in [1.807, 2.05) is 31.1 Å². The van der Waals surface area contributed by atoms with Crippen molar-refractivity contribution in [3.63, 3.8) is 0 Å². The normalized spacial score (nSPS) is 11.5. The van der Waals surface area contributed by atoms with Gasteiger partial charge in [-0.15, -0.1) is 0 Å². The van der Waals surface area contributed by atoms with E-state index in [0.29, 0.717) is 46.7 Å². The van der Waals surface area contributed by atoms with Crippen LogP contribution >= 0.6 is 0 Å². The first-order valence-corrected chi connectivity index (χ1v) is 9.72. The van der Waals surface area contributed by atoms with Gasteiger partial charge in [-0.1, -0.05) is 0 Å². The summed E-state index contributed by atoms with van der Waals surface area (Å²) < 4.78 is 7.01. The quantitative estimate of drug-likeness (QED) is 0.274. The standard InChI is InChI=1S/C22H26N4O5/c1-24(2)14-18-20(28)9-8-17-21(18)25(15-4-6-16(31-3)7-5-15)19(22(17)26(29)30)10-11-23-12-13-27/h4-11,23,27-28H,12-14H2,1-3H3. The van der Waals surface area contributed by atoms with Gasteiger partial charge in [-0.3, -0.25) is 10.1 Å². The summed E-state index contributed by atoms with van der Waals surface area (Å²) in [4.78, 5) is 13.6. The number of phenols is 1. The Kier molecular flexibility index (Phi) is 6.78. The Labute approximate surface area is 179 Å². The first-order valence-electron chi connectivity index (χ1n) is 9.72. The van der Waals surface area contributed by atoms with Crippen LogP contribution in [0.4, 0.5) is 5.69 Å². The molecule has 0 unspecified atom stereocenters. The highest BCUT2D eigenvalue weighted by Gasteiger charge is 2.28. The minimum absolute atomic E-state index is 0.0608. The number of aliphatic hydroxyl groups is 1. The molecule has 0 fully saturated rings. The molecule has 0 amide bonds. The van der Waals surface area contributed by atoms with E-state index in [-0.39, 0.29) is 18.0 Å². The number of aromatic nitrogens is 1. The average Bonchev–Trinajstić information content (AvgIpc) is 3.07. The molecule has 0 radical (unpaired) electrons. The summed E-state index contributed by atoms with van der Waals surface area (Å²) in [6, 6.07) is 10.2. The Morgan fingerprint density at radius 1 is 1.23 bits per heavy atom. The number of nitrogens with one attached hydrogen (secondary N) is 1. The first-order chi connectivity index (χ1) is 14.9. The lowest BCUT2D eigenvalue weighted by Crippen LogP contribution is -2.12. The number of hydrogen-bond donors (Lipinski definition) is 3. The summed E-state index contributed by atoms with van der Waals surface area (Å²) in [5.74, 6) is 0.727. The van der Waals surface area contributed by atoms with Crippen molar-refractivity contribution in [3.8, 4) is 17.2 Å². The van der Waals surface area contributed by atoms with Crippen molar-refractivity contribution in [1.82, 2.24) is 14.8 Å². The van der Waals surface area contributed by atoms with Crippen LogP contribution in [-0.2, 0) is 6.54 Å². The highest BCUT2D eigenvalue weighted by Crippen LogP contribution is 2.41. The van der Waals surface area contributed by atoms with Crippen LogP contribution in [0.1, 0.15) is 11.3 Å². The molecule has 0 bridgehead atoms. The van der Waals surface area contributed by atoms with Crippen molar-refractivity contribution in [2.45, 2.75) is 6.54 Å². The van der Waals surface area contributed by atoms with Crippen molar-refractivity contribution in [3.05, 3.63) is 64.0 Å². The second-order valence-electron chi connectivity index (χ2n) is 7.23. The topological polar surface area (TPSA) is 113 Å².